The van der Waals surface area contributed by atoms with Gasteiger partial charge in [-0.2, -0.15) is 15.0 Å². The van der Waals surface area contributed by atoms with Crippen molar-refractivity contribution < 1.29 is 5.11 Å². The predicted molar refractivity (Wildman–Crippen MR) is 70.1 cm³/mol. The van der Waals surface area contributed by atoms with E-state index < -0.39 is 0 Å². The van der Waals surface area contributed by atoms with Crippen LogP contribution in [0.2, 0.25) is 0 Å². The van der Waals surface area contributed by atoms with Crippen molar-refractivity contribution in [2.24, 2.45) is 5.41 Å². The van der Waals surface area contributed by atoms with E-state index in [1.54, 1.807) is 0 Å². The number of nitrogens with zero attached hydrogens (tertiary/aromatic N) is 3. The molecule has 0 aromatic carbocycles. The maximum Gasteiger partial charge on any atom is 0.227 e. The van der Waals surface area contributed by atoms with Crippen molar-refractivity contribution >= 4 is 11.9 Å². The smallest absolute Gasteiger partial charge is 0.227 e. The summed E-state index contributed by atoms with van der Waals surface area (Å²) in [5.41, 5.74) is 5.90. The third-order valence-electron chi connectivity index (χ3n) is 3.39. The number of anilines is 2. The van der Waals surface area contributed by atoms with Gasteiger partial charge in [-0.1, -0.05) is 6.92 Å². The van der Waals surface area contributed by atoms with Crippen LogP contribution in [0, 0.1) is 5.41 Å². The monoisotopic (exact) mass is 251 g/mol. The van der Waals surface area contributed by atoms with E-state index in [1.807, 2.05) is 0 Å². The first kappa shape index (κ1) is 13.0. The largest absolute Gasteiger partial charge is 0.396 e. The molecule has 0 saturated heterocycles. The van der Waals surface area contributed by atoms with Gasteiger partial charge in [0.15, 0.2) is 0 Å². The van der Waals surface area contributed by atoms with Crippen molar-refractivity contribution in [2.45, 2.75) is 39.0 Å². The van der Waals surface area contributed by atoms with E-state index in [-0.39, 0.29) is 18.0 Å². The van der Waals surface area contributed by atoms with Gasteiger partial charge in [-0.15, -0.1) is 0 Å². The summed E-state index contributed by atoms with van der Waals surface area (Å²) >= 11 is 0. The molecule has 0 spiro atoms. The summed E-state index contributed by atoms with van der Waals surface area (Å²) in [6, 6.07) is 0. The standard InChI is InChI=1S/C12H21N5O/c1-2-3-9-15-10(13)17-11(16-9)14-8-12(4-5-12)6-7-18/h18H,2-8H2,1H3,(H3,13,14,15,16,17). The zero-order chi connectivity index (χ0) is 13.0. The first-order valence-corrected chi connectivity index (χ1v) is 6.52. The lowest BCUT2D eigenvalue weighted by atomic mass is 10.0. The second-order valence-corrected chi connectivity index (χ2v) is 5.01. The van der Waals surface area contributed by atoms with Gasteiger partial charge in [0.1, 0.15) is 5.82 Å². The van der Waals surface area contributed by atoms with Gasteiger partial charge in [-0.3, -0.25) is 0 Å². The Bertz CT molecular complexity index is 405. The molecule has 1 aliphatic carbocycles. The second-order valence-electron chi connectivity index (χ2n) is 5.01. The maximum absolute atomic E-state index is 9.01. The van der Waals surface area contributed by atoms with Crippen LogP contribution in [0.25, 0.3) is 0 Å². The van der Waals surface area contributed by atoms with Crippen LogP contribution in [0.5, 0.6) is 0 Å². The molecule has 18 heavy (non-hydrogen) atoms. The number of aryl methyl sites for hydroxylation is 1. The zero-order valence-electron chi connectivity index (χ0n) is 10.8. The zero-order valence-corrected chi connectivity index (χ0v) is 10.8. The fraction of sp³-hybridized carbons (Fsp3) is 0.750. The summed E-state index contributed by atoms with van der Waals surface area (Å²) in [4.78, 5) is 12.5. The van der Waals surface area contributed by atoms with E-state index in [2.05, 4.69) is 27.2 Å². The van der Waals surface area contributed by atoms with E-state index >= 15 is 0 Å². The molecule has 1 heterocycles. The molecule has 1 aromatic rings. The Labute approximate surface area is 107 Å². The number of nitrogen functional groups attached to an aromatic ring is 1. The molecule has 0 radical (unpaired) electrons. The minimum Gasteiger partial charge on any atom is -0.396 e. The summed E-state index contributed by atoms with van der Waals surface area (Å²) in [7, 11) is 0. The van der Waals surface area contributed by atoms with Gasteiger partial charge in [-0.05, 0) is 31.1 Å². The van der Waals surface area contributed by atoms with Gasteiger partial charge in [-0.25, -0.2) is 0 Å². The molecule has 0 unspecified atom stereocenters. The Morgan fingerprint density at radius 2 is 2.11 bits per heavy atom. The number of aliphatic hydroxyl groups is 1. The highest BCUT2D eigenvalue weighted by Crippen LogP contribution is 2.48. The third kappa shape index (κ3) is 3.29. The lowest BCUT2D eigenvalue weighted by molar-refractivity contribution is 0.253. The van der Waals surface area contributed by atoms with E-state index in [1.165, 1.54) is 0 Å². The predicted octanol–water partition coefficient (Wildman–Crippen LogP) is 0.981. The summed E-state index contributed by atoms with van der Waals surface area (Å²) in [5.74, 6) is 1.55. The van der Waals surface area contributed by atoms with Crippen LogP contribution >= 0.6 is 0 Å². The molecule has 1 saturated carbocycles. The molecule has 6 nitrogen and oxygen atoms in total. The SMILES string of the molecule is CCCc1nc(N)nc(NCC2(CCO)CC2)n1. The number of hydrogen-bond acceptors (Lipinski definition) is 6. The molecule has 4 N–H and O–H groups in total. The van der Waals surface area contributed by atoms with Crippen LogP contribution in [-0.4, -0.2) is 33.2 Å². The number of nitrogens with two attached hydrogens (primary N) is 1. The topological polar surface area (TPSA) is 97.0 Å². The van der Waals surface area contributed by atoms with Gasteiger partial charge in [0, 0.05) is 19.6 Å². The van der Waals surface area contributed by atoms with Gasteiger partial charge in [0.05, 0.1) is 0 Å². The quantitative estimate of drug-likeness (QED) is 0.668. The number of aromatic nitrogens is 3. The highest BCUT2D eigenvalue weighted by Gasteiger charge is 2.41. The van der Waals surface area contributed by atoms with Crippen molar-refractivity contribution in [3.8, 4) is 0 Å². The number of hydrogen-bond donors (Lipinski definition) is 3. The Balaban J connectivity index is 1.96. The summed E-state index contributed by atoms with van der Waals surface area (Å²) in [6.07, 6.45) is 4.94. The lowest BCUT2D eigenvalue weighted by Crippen LogP contribution is -2.19. The summed E-state index contributed by atoms with van der Waals surface area (Å²) in [5, 5.41) is 12.2. The molecular formula is C12H21N5O. The van der Waals surface area contributed by atoms with Gasteiger partial charge < -0.3 is 16.2 Å². The maximum atomic E-state index is 9.01. The molecule has 1 aliphatic rings. The normalized spacial score (nSPS) is 16.6. The van der Waals surface area contributed by atoms with Crippen molar-refractivity contribution in [1.29, 1.82) is 0 Å². The van der Waals surface area contributed by atoms with Crippen molar-refractivity contribution in [3.63, 3.8) is 0 Å². The fourth-order valence-electron chi connectivity index (χ4n) is 2.05. The Morgan fingerprint density at radius 1 is 1.33 bits per heavy atom. The molecule has 100 valence electrons. The third-order valence-corrected chi connectivity index (χ3v) is 3.39. The van der Waals surface area contributed by atoms with E-state index in [9.17, 15) is 0 Å². The number of rotatable bonds is 7. The molecule has 2 rings (SSSR count). The first-order chi connectivity index (χ1) is 8.67. The van der Waals surface area contributed by atoms with Crippen LogP contribution in [0.4, 0.5) is 11.9 Å². The Morgan fingerprint density at radius 3 is 2.72 bits per heavy atom. The number of aliphatic hydroxyl groups excluding tert-OH is 1. The molecule has 0 atom stereocenters. The van der Waals surface area contributed by atoms with E-state index in [0.717, 1.165) is 44.5 Å². The van der Waals surface area contributed by atoms with Gasteiger partial charge in [0.25, 0.3) is 0 Å². The summed E-state index contributed by atoms with van der Waals surface area (Å²) < 4.78 is 0. The van der Waals surface area contributed by atoms with Crippen LogP contribution in [0.15, 0.2) is 0 Å². The van der Waals surface area contributed by atoms with Crippen molar-refractivity contribution in [3.05, 3.63) is 5.82 Å². The first-order valence-electron chi connectivity index (χ1n) is 6.52. The van der Waals surface area contributed by atoms with Crippen molar-refractivity contribution in [1.82, 2.24) is 15.0 Å². The molecule has 0 bridgehead atoms. The Kier molecular flexibility index (Phi) is 3.96. The molecule has 1 fully saturated rings. The minimum absolute atomic E-state index is 0.237. The van der Waals surface area contributed by atoms with Gasteiger partial charge in [0.2, 0.25) is 11.9 Å². The molecule has 1 aromatic heterocycles. The minimum atomic E-state index is 0.237. The van der Waals surface area contributed by atoms with E-state index in [4.69, 9.17) is 10.8 Å². The molecule has 0 aliphatic heterocycles. The molecular weight excluding hydrogens is 230 g/mol. The Hall–Kier alpha value is -1.43. The second kappa shape index (κ2) is 5.48. The van der Waals surface area contributed by atoms with Crippen LogP contribution in [-0.2, 0) is 6.42 Å². The van der Waals surface area contributed by atoms with Crippen LogP contribution in [0.1, 0.15) is 38.4 Å². The molecule has 0 amide bonds. The average molecular weight is 251 g/mol. The van der Waals surface area contributed by atoms with Crippen LogP contribution < -0.4 is 11.1 Å². The summed E-state index contributed by atoms with van der Waals surface area (Å²) in [6.45, 7) is 3.11. The van der Waals surface area contributed by atoms with Gasteiger partial charge >= 0.3 is 0 Å². The van der Waals surface area contributed by atoms with E-state index in [0.29, 0.717) is 5.95 Å². The highest BCUT2D eigenvalue weighted by atomic mass is 16.3. The average Bonchev–Trinajstić information content (AvgIpc) is 3.07. The van der Waals surface area contributed by atoms with Crippen LogP contribution in [0.3, 0.4) is 0 Å². The highest BCUT2D eigenvalue weighted by molar-refractivity contribution is 5.31. The fourth-order valence-corrected chi connectivity index (χ4v) is 2.05. The number of nitrogens with one attached hydrogen (secondary N) is 1. The molecule has 6 heteroatoms. The van der Waals surface area contributed by atoms with Crippen molar-refractivity contribution in [2.75, 3.05) is 24.2 Å². The lowest BCUT2D eigenvalue weighted by Gasteiger charge is -2.14.